The van der Waals surface area contributed by atoms with Crippen molar-refractivity contribution in [3.05, 3.63) is 64.7 Å². The van der Waals surface area contributed by atoms with Gasteiger partial charge in [0, 0.05) is 11.7 Å². The van der Waals surface area contributed by atoms with E-state index in [4.69, 9.17) is 4.74 Å². The molecule has 2 aromatic rings. The van der Waals surface area contributed by atoms with Crippen LogP contribution in [0.1, 0.15) is 70.4 Å². The number of carbonyl (C=O) groups excluding carboxylic acids is 3. The molecule has 0 radical (unpaired) electrons. The van der Waals surface area contributed by atoms with Crippen molar-refractivity contribution in [3.63, 3.8) is 0 Å². The lowest BCUT2D eigenvalue weighted by Gasteiger charge is -2.20. The molecule has 0 spiro atoms. The second-order valence-electron chi connectivity index (χ2n) is 7.50. The van der Waals surface area contributed by atoms with Gasteiger partial charge in [0.25, 0.3) is 11.8 Å². The lowest BCUT2D eigenvalue weighted by molar-refractivity contribution is 0.00693. The summed E-state index contributed by atoms with van der Waals surface area (Å²) in [6.07, 6.45) is 0. The van der Waals surface area contributed by atoms with Crippen LogP contribution in [0.25, 0.3) is 0 Å². The molecule has 2 N–H and O–H groups in total. The van der Waals surface area contributed by atoms with Gasteiger partial charge in [0.2, 0.25) is 0 Å². The monoisotopic (exact) mass is 366 g/mol. The molecule has 1 atom stereocenters. The largest absolute Gasteiger partial charge is 0.456 e. The number of amides is 2. The van der Waals surface area contributed by atoms with Crippen molar-refractivity contribution in [2.45, 2.75) is 39.3 Å². The van der Waals surface area contributed by atoms with Crippen molar-refractivity contribution < 1.29 is 19.1 Å². The Morgan fingerprint density at radius 1 is 1.04 bits per heavy atom. The molecule has 2 aromatic carbocycles. The summed E-state index contributed by atoms with van der Waals surface area (Å²) in [5.41, 5.74) is 2.26. The van der Waals surface area contributed by atoms with E-state index in [0.717, 1.165) is 11.3 Å². The van der Waals surface area contributed by atoms with Crippen LogP contribution in [0.4, 0.5) is 5.69 Å². The summed E-state index contributed by atoms with van der Waals surface area (Å²) >= 11 is 0. The average molecular weight is 366 g/mol. The molecule has 0 fully saturated rings. The first-order valence-corrected chi connectivity index (χ1v) is 8.74. The molecule has 0 aliphatic carbocycles. The average Bonchev–Trinajstić information content (AvgIpc) is 2.88. The van der Waals surface area contributed by atoms with Gasteiger partial charge in [0.1, 0.15) is 5.60 Å². The van der Waals surface area contributed by atoms with E-state index in [9.17, 15) is 14.4 Å². The molecule has 6 nitrogen and oxygen atoms in total. The Labute approximate surface area is 157 Å². The van der Waals surface area contributed by atoms with Crippen molar-refractivity contribution in [1.82, 2.24) is 5.32 Å². The van der Waals surface area contributed by atoms with Crippen LogP contribution in [0.3, 0.4) is 0 Å². The third-order valence-corrected chi connectivity index (χ3v) is 4.16. The molecular formula is C21H22N2O4. The van der Waals surface area contributed by atoms with E-state index in [2.05, 4.69) is 10.6 Å². The Morgan fingerprint density at radius 3 is 2.33 bits per heavy atom. The molecule has 0 saturated carbocycles. The fourth-order valence-electron chi connectivity index (χ4n) is 2.97. The van der Waals surface area contributed by atoms with Crippen molar-refractivity contribution in [1.29, 1.82) is 0 Å². The van der Waals surface area contributed by atoms with Crippen molar-refractivity contribution >= 4 is 23.5 Å². The maximum absolute atomic E-state index is 12.1. The number of hydrogen-bond donors (Lipinski definition) is 2. The maximum Gasteiger partial charge on any atom is 0.338 e. The third kappa shape index (κ3) is 4.00. The van der Waals surface area contributed by atoms with Gasteiger partial charge >= 0.3 is 5.97 Å². The van der Waals surface area contributed by atoms with Crippen LogP contribution < -0.4 is 10.6 Å². The Morgan fingerprint density at radius 2 is 1.70 bits per heavy atom. The number of nitrogens with one attached hydrogen (secondary N) is 2. The Bertz CT molecular complexity index is 911. The molecule has 1 unspecified atom stereocenters. The predicted octanol–water partition coefficient (Wildman–Crippen LogP) is 3.70. The molecule has 6 heteroatoms. The summed E-state index contributed by atoms with van der Waals surface area (Å²) in [7, 11) is 0. The van der Waals surface area contributed by atoms with Crippen LogP contribution in [0, 0.1) is 0 Å². The Kier molecular flexibility index (Phi) is 4.74. The molecule has 1 aliphatic rings. The quantitative estimate of drug-likeness (QED) is 0.637. The zero-order valence-electron chi connectivity index (χ0n) is 15.8. The molecule has 0 saturated heterocycles. The molecule has 27 heavy (non-hydrogen) atoms. The van der Waals surface area contributed by atoms with E-state index in [1.807, 2.05) is 33.8 Å². The third-order valence-electron chi connectivity index (χ3n) is 4.16. The zero-order chi connectivity index (χ0) is 19.8. The van der Waals surface area contributed by atoms with Crippen LogP contribution in [-0.2, 0) is 4.74 Å². The first kappa shape index (κ1) is 18.6. The molecule has 3 rings (SSSR count). The summed E-state index contributed by atoms with van der Waals surface area (Å²) in [5.74, 6) is -1.12. The highest BCUT2D eigenvalue weighted by atomic mass is 16.6. The van der Waals surface area contributed by atoms with Gasteiger partial charge in [-0.05, 0) is 63.6 Å². The fraction of sp³-hybridized carbons (Fsp3) is 0.286. The van der Waals surface area contributed by atoms with Gasteiger partial charge in [-0.3, -0.25) is 14.9 Å². The van der Waals surface area contributed by atoms with Gasteiger partial charge < -0.3 is 10.1 Å². The minimum Gasteiger partial charge on any atom is -0.456 e. The Balaban J connectivity index is 1.76. The number of anilines is 1. The standard InChI is InChI=1S/C21H22N2O4/c1-12(15-6-5-7-16-17(15)19(25)23-18(16)24)22-14-10-8-13(9-11-14)20(26)27-21(2,3)4/h5-12,22H,1-4H3,(H,23,24,25). The van der Waals surface area contributed by atoms with Crippen LogP contribution in [0.15, 0.2) is 42.5 Å². The second-order valence-corrected chi connectivity index (χ2v) is 7.50. The zero-order valence-corrected chi connectivity index (χ0v) is 15.8. The van der Waals surface area contributed by atoms with Gasteiger partial charge in [0.15, 0.2) is 0 Å². The summed E-state index contributed by atoms with van der Waals surface area (Å²) in [5, 5.41) is 5.62. The smallest absolute Gasteiger partial charge is 0.338 e. The summed E-state index contributed by atoms with van der Waals surface area (Å²) in [6, 6.07) is 12.0. The first-order chi connectivity index (χ1) is 12.7. The van der Waals surface area contributed by atoms with Gasteiger partial charge in [-0.25, -0.2) is 4.79 Å². The highest BCUT2D eigenvalue weighted by Crippen LogP contribution is 2.27. The number of benzene rings is 2. The van der Waals surface area contributed by atoms with Gasteiger partial charge in [-0.15, -0.1) is 0 Å². The highest BCUT2D eigenvalue weighted by Gasteiger charge is 2.30. The number of esters is 1. The minimum absolute atomic E-state index is 0.205. The normalized spacial score (nSPS) is 14.4. The number of hydrogen-bond acceptors (Lipinski definition) is 5. The molecular weight excluding hydrogens is 344 g/mol. The first-order valence-electron chi connectivity index (χ1n) is 8.74. The van der Waals surface area contributed by atoms with Crippen molar-refractivity contribution in [3.8, 4) is 0 Å². The van der Waals surface area contributed by atoms with Crippen molar-refractivity contribution in [2.24, 2.45) is 0 Å². The minimum atomic E-state index is -0.547. The Hall–Kier alpha value is -3.15. The highest BCUT2D eigenvalue weighted by molar-refractivity contribution is 6.22. The molecule has 0 aromatic heterocycles. The van der Waals surface area contributed by atoms with E-state index in [1.54, 1.807) is 36.4 Å². The lowest BCUT2D eigenvalue weighted by Crippen LogP contribution is -2.23. The molecule has 140 valence electrons. The summed E-state index contributed by atoms with van der Waals surface area (Å²) in [6.45, 7) is 7.37. The number of fused-ring (bicyclic) bond motifs is 1. The number of ether oxygens (including phenoxy) is 1. The van der Waals surface area contributed by atoms with E-state index in [-0.39, 0.29) is 23.8 Å². The van der Waals surface area contributed by atoms with Gasteiger partial charge in [-0.2, -0.15) is 0 Å². The topological polar surface area (TPSA) is 84.5 Å². The second kappa shape index (κ2) is 6.87. The van der Waals surface area contributed by atoms with E-state index in [1.165, 1.54) is 0 Å². The summed E-state index contributed by atoms with van der Waals surface area (Å²) < 4.78 is 5.35. The number of imide groups is 1. The molecule has 2 amide bonds. The predicted molar refractivity (Wildman–Crippen MR) is 102 cm³/mol. The van der Waals surface area contributed by atoms with Gasteiger partial charge in [0.05, 0.1) is 16.7 Å². The van der Waals surface area contributed by atoms with Crippen LogP contribution in [0.2, 0.25) is 0 Å². The van der Waals surface area contributed by atoms with Crippen LogP contribution in [0.5, 0.6) is 0 Å². The van der Waals surface area contributed by atoms with E-state index >= 15 is 0 Å². The maximum atomic E-state index is 12.1. The lowest BCUT2D eigenvalue weighted by atomic mass is 9.97. The molecule has 1 heterocycles. The SMILES string of the molecule is CC(Nc1ccc(C(=O)OC(C)(C)C)cc1)c1cccc2c1C(=O)NC2=O. The van der Waals surface area contributed by atoms with E-state index in [0.29, 0.717) is 16.7 Å². The van der Waals surface area contributed by atoms with Gasteiger partial charge in [-0.1, -0.05) is 12.1 Å². The van der Waals surface area contributed by atoms with Crippen LogP contribution >= 0.6 is 0 Å². The molecule has 0 bridgehead atoms. The summed E-state index contributed by atoms with van der Waals surface area (Å²) in [4.78, 5) is 36.0. The molecule has 1 aliphatic heterocycles. The number of carbonyl (C=O) groups is 3. The van der Waals surface area contributed by atoms with Crippen molar-refractivity contribution in [2.75, 3.05) is 5.32 Å². The van der Waals surface area contributed by atoms with Crippen LogP contribution in [-0.4, -0.2) is 23.4 Å². The number of rotatable bonds is 4. The van der Waals surface area contributed by atoms with E-state index < -0.39 is 5.60 Å². The fourth-order valence-corrected chi connectivity index (χ4v) is 2.97.